The van der Waals surface area contributed by atoms with Gasteiger partial charge in [0.25, 0.3) is 0 Å². The molecule has 0 spiro atoms. The molecule has 1 aromatic heterocycles. The molecule has 1 fully saturated rings. The minimum atomic E-state index is -3.67. The summed E-state index contributed by atoms with van der Waals surface area (Å²) in [4.78, 5) is 2.42. The molecule has 4 rings (SSSR count). The number of sulfonamides is 1. The second kappa shape index (κ2) is 8.41. The van der Waals surface area contributed by atoms with Gasteiger partial charge in [-0.15, -0.1) is 0 Å². The highest BCUT2D eigenvalue weighted by Crippen LogP contribution is 2.30. The minimum Gasteiger partial charge on any atom is -0.369 e. The smallest absolute Gasteiger partial charge is 0.246 e. The van der Waals surface area contributed by atoms with Gasteiger partial charge in [-0.2, -0.15) is 9.40 Å². The summed E-state index contributed by atoms with van der Waals surface area (Å²) >= 11 is 6.11. The Morgan fingerprint density at radius 3 is 2.30 bits per heavy atom. The van der Waals surface area contributed by atoms with Crippen LogP contribution in [0, 0.1) is 0 Å². The summed E-state index contributed by atoms with van der Waals surface area (Å²) < 4.78 is 30.4. The van der Waals surface area contributed by atoms with Gasteiger partial charge in [-0.25, -0.2) is 8.42 Å². The van der Waals surface area contributed by atoms with Crippen LogP contribution in [0.25, 0.3) is 11.3 Å². The van der Waals surface area contributed by atoms with Gasteiger partial charge in [-0.3, -0.25) is 4.68 Å². The van der Waals surface area contributed by atoms with Crippen molar-refractivity contribution in [3.63, 3.8) is 0 Å². The van der Waals surface area contributed by atoms with Crippen LogP contribution in [0.1, 0.15) is 19.9 Å². The lowest BCUT2D eigenvalue weighted by atomic mass is 10.2. The van der Waals surface area contributed by atoms with Gasteiger partial charge >= 0.3 is 0 Å². The highest BCUT2D eigenvalue weighted by atomic mass is 35.5. The average Bonchev–Trinajstić information content (AvgIpc) is 3.21. The van der Waals surface area contributed by atoms with Gasteiger partial charge in [0.15, 0.2) is 0 Å². The molecule has 8 heteroatoms. The van der Waals surface area contributed by atoms with E-state index in [1.807, 2.05) is 68.4 Å². The van der Waals surface area contributed by atoms with E-state index in [1.54, 1.807) is 15.2 Å². The predicted molar refractivity (Wildman–Crippen MR) is 120 cm³/mol. The first kappa shape index (κ1) is 20.9. The Balaban J connectivity index is 1.61. The SMILES string of the molecule is CC(C)n1cc(S(=O)(=O)N2CCN(c3cccc(Cl)c3)CC2)c(-c2ccccc2)n1. The van der Waals surface area contributed by atoms with E-state index in [4.69, 9.17) is 11.6 Å². The first-order valence-corrected chi connectivity index (χ1v) is 11.8. The molecule has 1 aliphatic rings. The van der Waals surface area contributed by atoms with Crippen molar-refractivity contribution in [1.29, 1.82) is 0 Å². The van der Waals surface area contributed by atoms with Gasteiger partial charge in [0.05, 0.1) is 0 Å². The van der Waals surface area contributed by atoms with Crippen molar-refractivity contribution in [1.82, 2.24) is 14.1 Å². The third kappa shape index (κ3) is 4.10. The van der Waals surface area contributed by atoms with Crippen LogP contribution in [-0.2, 0) is 10.0 Å². The largest absolute Gasteiger partial charge is 0.369 e. The number of aromatic nitrogens is 2. The van der Waals surface area contributed by atoms with Crippen LogP contribution < -0.4 is 4.90 Å². The zero-order chi connectivity index (χ0) is 21.3. The molecule has 1 saturated heterocycles. The molecule has 0 amide bonds. The maximum absolute atomic E-state index is 13.5. The quantitative estimate of drug-likeness (QED) is 0.588. The summed E-state index contributed by atoms with van der Waals surface area (Å²) in [6.45, 7) is 6.02. The van der Waals surface area contributed by atoms with Gasteiger partial charge in [0, 0.05) is 54.7 Å². The van der Waals surface area contributed by atoms with E-state index >= 15 is 0 Å². The van der Waals surface area contributed by atoms with Gasteiger partial charge in [-0.1, -0.05) is 48.0 Å². The van der Waals surface area contributed by atoms with Crippen LogP contribution in [-0.4, -0.2) is 48.7 Å². The Labute approximate surface area is 182 Å². The van der Waals surface area contributed by atoms with Crippen LogP contribution in [0.4, 0.5) is 5.69 Å². The number of hydrogen-bond donors (Lipinski definition) is 0. The molecule has 158 valence electrons. The maximum Gasteiger partial charge on any atom is 0.246 e. The van der Waals surface area contributed by atoms with E-state index in [9.17, 15) is 8.42 Å². The molecule has 0 saturated carbocycles. The number of hydrogen-bond acceptors (Lipinski definition) is 4. The van der Waals surface area contributed by atoms with Crippen molar-refractivity contribution in [3.8, 4) is 11.3 Å². The summed E-state index contributed by atoms with van der Waals surface area (Å²) in [7, 11) is -3.67. The van der Waals surface area contributed by atoms with Crippen LogP contribution >= 0.6 is 11.6 Å². The van der Waals surface area contributed by atoms with Crippen LogP contribution in [0.15, 0.2) is 65.7 Å². The first-order valence-electron chi connectivity index (χ1n) is 10.0. The second-order valence-electron chi connectivity index (χ2n) is 7.65. The standard InChI is InChI=1S/C22H25ClN4O2S/c1-17(2)27-16-21(22(24-27)18-7-4-3-5-8-18)30(28,29)26-13-11-25(12-14-26)20-10-6-9-19(23)15-20/h3-10,15-17H,11-14H2,1-2H3. The maximum atomic E-state index is 13.5. The van der Waals surface area contributed by atoms with E-state index in [0.29, 0.717) is 36.9 Å². The molecular formula is C22H25ClN4O2S. The minimum absolute atomic E-state index is 0.0658. The van der Waals surface area contributed by atoms with Gasteiger partial charge in [-0.05, 0) is 32.0 Å². The third-order valence-electron chi connectivity index (χ3n) is 5.30. The number of piperazine rings is 1. The Morgan fingerprint density at radius 1 is 0.967 bits per heavy atom. The number of halogens is 1. The third-order valence-corrected chi connectivity index (χ3v) is 7.44. The molecule has 2 aromatic carbocycles. The highest BCUT2D eigenvalue weighted by Gasteiger charge is 2.33. The summed E-state index contributed by atoms with van der Waals surface area (Å²) in [5.74, 6) is 0. The fourth-order valence-corrected chi connectivity index (χ4v) is 5.37. The molecule has 30 heavy (non-hydrogen) atoms. The zero-order valence-electron chi connectivity index (χ0n) is 17.1. The molecule has 2 heterocycles. The number of rotatable bonds is 5. The number of nitrogens with zero attached hydrogens (tertiary/aromatic N) is 4. The van der Waals surface area contributed by atoms with E-state index in [1.165, 1.54) is 0 Å². The van der Waals surface area contributed by atoms with E-state index < -0.39 is 10.0 Å². The normalized spacial score (nSPS) is 15.7. The molecule has 0 radical (unpaired) electrons. The van der Waals surface area contributed by atoms with Crippen LogP contribution in [0.3, 0.4) is 0 Å². The van der Waals surface area contributed by atoms with Crippen molar-refractivity contribution in [2.24, 2.45) is 0 Å². The summed E-state index contributed by atoms with van der Waals surface area (Å²) in [6.07, 6.45) is 1.66. The highest BCUT2D eigenvalue weighted by molar-refractivity contribution is 7.89. The molecule has 3 aromatic rings. The van der Waals surface area contributed by atoms with E-state index in [2.05, 4.69) is 10.00 Å². The summed E-state index contributed by atoms with van der Waals surface area (Å²) in [5, 5.41) is 5.28. The molecule has 0 N–H and O–H groups in total. The number of anilines is 1. The molecule has 0 bridgehead atoms. The monoisotopic (exact) mass is 444 g/mol. The zero-order valence-corrected chi connectivity index (χ0v) is 18.6. The fraction of sp³-hybridized carbons (Fsp3) is 0.318. The molecule has 6 nitrogen and oxygen atoms in total. The van der Waals surface area contributed by atoms with Crippen molar-refractivity contribution in [2.45, 2.75) is 24.8 Å². The Kier molecular flexibility index (Phi) is 5.86. The van der Waals surface area contributed by atoms with Crippen LogP contribution in [0.5, 0.6) is 0 Å². The Morgan fingerprint density at radius 2 is 1.67 bits per heavy atom. The fourth-order valence-electron chi connectivity index (χ4n) is 3.62. The van der Waals surface area contributed by atoms with E-state index in [-0.39, 0.29) is 10.9 Å². The lowest BCUT2D eigenvalue weighted by Crippen LogP contribution is -2.48. The van der Waals surface area contributed by atoms with Gasteiger partial charge < -0.3 is 4.90 Å². The molecule has 0 aliphatic carbocycles. The van der Waals surface area contributed by atoms with Gasteiger partial charge in [0.1, 0.15) is 10.6 Å². The van der Waals surface area contributed by atoms with Crippen LogP contribution in [0.2, 0.25) is 5.02 Å². The molecule has 0 atom stereocenters. The average molecular weight is 445 g/mol. The summed E-state index contributed by atoms with van der Waals surface area (Å²) in [5.41, 5.74) is 2.31. The van der Waals surface area contributed by atoms with Crippen molar-refractivity contribution >= 4 is 27.3 Å². The van der Waals surface area contributed by atoms with Crippen molar-refractivity contribution in [2.75, 3.05) is 31.1 Å². The number of benzene rings is 2. The predicted octanol–water partition coefficient (Wildman–Crippen LogP) is 4.30. The Hall–Kier alpha value is -2.35. The van der Waals surface area contributed by atoms with Crippen molar-refractivity contribution < 1.29 is 8.42 Å². The lowest BCUT2D eigenvalue weighted by Gasteiger charge is -2.35. The lowest BCUT2D eigenvalue weighted by molar-refractivity contribution is 0.385. The molecule has 1 aliphatic heterocycles. The Bertz CT molecular complexity index is 1120. The first-order chi connectivity index (χ1) is 14.4. The summed E-state index contributed by atoms with van der Waals surface area (Å²) in [6, 6.07) is 17.2. The van der Waals surface area contributed by atoms with E-state index in [0.717, 1.165) is 11.3 Å². The second-order valence-corrected chi connectivity index (χ2v) is 10.00. The molecular weight excluding hydrogens is 420 g/mol. The van der Waals surface area contributed by atoms with Crippen molar-refractivity contribution in [3.05, 3.63) is 65.8 Å². The van der Waals surface area contributed by atoms with Gasteiger partial charge in [0.2, 0.25) is 10.0 Å². The molecule has 0 unspecified atom stereocenters. The topological polar surface area (TPSA) is 58.4 Å².